The number of hydrogen-bond donors (Lipinski definition) is 2. The summed E-state index contributed by atoms with van der Waals surface area (Å²) in [6.45, 7) is 14.7. The molecule has 5 heteroatoms. The summed E-state index contributed by atoms with van der Waals surface area (Å²) in [6.07, 6.45) is 0. The lowest BCUT2D eigenvalue weighted by molar-refractivity contribution is 0.457. The summed E-state index contributed by atoms with van der Waals surface area (Å²) in [5.41, 5.74) is 6.07. The predicted molar refractivity (Wildman–Crippen MR) is 90.0 cm³/mol. The van der Waals surface area contributed by atoms with Gasteiger partial charge in [-0.3, -0.25) is 4.55 Å². The van der Waals surface area contributed by atoms with Crippen molar-refractivity contribution in [1.82, 2.24) is 0 Å². The van der Waals surface area contributed by atoms with E-state index >= 15 is 0 Å². The molecule has 0 saturated heterocycles. The molecule has 0 aliphatic carbocycles. The van der Waals surface area contributed by atoms with Gasteiger partial charge in [-0.05, 0) is 36.9 Å². The maximum atomic E-state index is 10.5. The first-order chi connectivity index (χ1) is 9.37. The Morgan fingerprint density at radius 3 is 1.38 bits per heavy atom. The minimum absolute atomic E-state index is 0.0666. The molecule has 0 aliphatic heterocycles. The second kappa shape index (κ2) is 10.8. The summed E-state index contributed by atoms with van der Waals surface area (Å²) in [6, 6.07) is 6.32. The minimum atomic E-state index is -4.02. The number of rotatable bonds is 2. The number of hydrogen-bond acceptors (Lipinski definition) is 3. The van der Waals surface area contributed by atoms with Gasteiger partial charge in [-0.2, -0.15) is 8.42 Å². The van der Waals surface area contributed by atoms with Gasteiger partial charge in [0, 0.05) is 0 Å². The Bertz CT molecular complexity index is 454. The summed E-state index contributed by atoms with van der Waals surface area (Å²) in [7, 11) is -4.02. The van der Waals surface area contributed by atoms with Crippen molar-refractivity contribution in [3.8, 4) is 0 Å². The van der Waals surface area contributed by atoms with Crippen molar-refractivity contribution >= 4 is 10.1 Å². The number of nitrogens with two attached hydrogens (primary N) is 1. The largest absolute Gasteiger partial charge is 0.328 e. The van der Waals surface area contributed by atoms with Crippen LogP contribution in [0.25, 0.3) is 0 Å². The maximum Gasteiger partial charge on any atom is 0.294 e. The monoisotopic (exact) mass is 317 g/mol. The molecule has 1 aromatic carbocycles. The summed E-state index contributed by atoms with van der Waals surface area (Å²) in [4.78, 5) is -0.0666. The fourth-order valence-electron chi connectivity index (χ4n) is 0.710. The van der Waals surface area contributed by atoms with Crippen molar-refractivity contribution in [3.63, 3.8) is 0 Å². The van der Waals surface area contributed by atoms with Crippen molar-refractivity contribution in [2.45, 2.75) is 59.4 Å². The molecule has 3 N–H and O–H groups in total. The van der Waals surface area contributed by atoms with Gasteiger partial charge in [0.05, 0.1) is 4.90 Å². The van der Waals surface area contributed by atoms with E-state index < -0.39 is 10.1 Å². The Morgan fingerprint density at radius 1 is 0.905 bits per heavy atom. The Morgan fingerprint density at radius 2 is 1.19 bits per heavy atom. The molecule has 124 valence electrons. The van der Waals surface area contributed by atoms with Crippen molar-refractivity contribution < 1.29 is 13.0 Å². The van der Waals surface area contributed by atoms with E-state index in [0.717, 1.165) is 17.4 Å². The van der Waals surface area contributed by atoms with Gasteiger partial charge in [0.15, 0.2) is 0 Å². The highest BCUT2D eigenvalue weighted by atomic mass is 32.2. The molecule has 0 heterocycles. The smallest absolute Gasteiger partial charge is 0.294 e. The lowest BCUT2D eigenvalue weighted by Crippen LogP contribution is -2.06. The predicted octanol–water partition coefficient (Wildman–Crippen LogP) is 3.89. The van der Waals surface area contributed by atoms with Crippen molar-refractivity contribution in [2.75, 3.05) is 0 Å². The van der Waals surface area contributed by atoms with E-state index in [0.29, 0.717) is 6.04 Å². The SMILES string of the molecule is CC(C)C(C)C.CC(C)N.Cc1ccc(S(=O)(=O)O)cc1. The Labute approximate surface area is 130 Å². The molecule has 0 fully saturated rings. The van der Waals surface area contributed by atoms with Crippen LogP contribution in [0.4, 0.5) is 0 Å². The highest BCUT2D eigenvalue weighted by Crippen LogP contribution is 2.08. The molecule has 0 atom stereocenters. The average Bonchev–Trinajstić information content (AvgIpc) is 2.28. The maximum absolute atomic E-state index is 10.5. The quantitative estimate of drug-likeness (QED) is 0.811. The van der Waals surface area contributed by atoms with Gasteiger partial charge in [0.25, 0.3) is 10.1 Å². The average molecular weight is 317 g/mol. The van der Waals surface area contributed by atoms with Crippen LogP contribution in [0.1, 0.15) is 47.1 Å². The molecule has 0 aliphatic rings. The van der Waals surface area contributed by atoms with Crippen LogP contribution in [-0.2, 0) is 10.1 Å². The summed E-state index contributed by atoms with van der Waals surface area (Å²) in [5.74, 6) is 1.70. The molecule has 0 bridgehead atoms. The molecule has 0 aromatic heterocycles. The first-order valence-electron chi connectivity index (χ1n) is 7.17. The number of benzene rings is 1. The van der Waals surface area contributed by atoms with Crippen LogP contribution >= 0.6 is 0 Å². The molecular weight excluding hydrogens is 286 g/mol. The fraction of sp³-hybridized carbons (Fsp3) is 0.625. The molecule has 4 nitrogen and oxygen atoms in total. The van der Waals surface area contributed by atoms with Gasteiger partial charge in [-0.1, -0.05) is 59.2 Å². The fourth-order valence-corrected chi connectivity index (χ4v) is 1.19. The topological polar surface area (TPSA) is 80.4 Å². The highest BCUT2D eigenvalue weighted by Gasteiger charge is 2.06. The molecule has 1 aromatic rings. The molecule has 1 rings (SSSR count). The van der Waals surface area contributed by atoms with Crippen LogP contribution in [0, 0.1) is 18.8 Å². The standard InChI is InChI=1S/C7H8O3S.C6H14.C3H9N/c1-6-2-4-7(5-3-6)11(8,9)10;1-5(2)6(3)4;1-3(2)4/h2-5H,1H3,(H,8,9,10);5-6H,1-4H3;3H,4H2,1-2H3. The van der Waals surface area contributed by atoms with E-state index in [4.69, 9.17) is 10.3 Å². The zero-order chi connectivity index (χ0) is 17.2. The van der Waals surface area contributed by atoms with Crippen LogP contribution in [0.3, 0.4) is 0 Å². The lowest BCUT2D eigenvalue weighted by atomic mass is 10.0. The molecule has 0 amide bonds. The van der Waals surface area contributed by atoms with Crippen LogP contribution in [-0.4, -0.2) is 19.0 Å². The third kappa shape index (κ3) is 15.3. The Hall–Kier alpha value is -0.910. The van der Waals surface area contributed by atoms with Crippen molar-refractivity contribution in [3.05, 3.63) is 29.8 Å². The van der Waals surface area contributed by atoms with Gasteiger partial charge >= 0.3 is 0 Å². The molecule has 0 radical (unpaired) electrons. The zero-order valence-electron chi connectivity index (χ0n) is 14.3. The minimum Gasteiger partial charge on any atom is -0.328 e. The zero-order valence-corrected chi connectivity index (χ0v) is 15.1. The van der Waals surface area contributed by atoms with E-state index in [1.54, 1.807) is 12.1 Å². The number of aryl methyl sites for hydroxylation is 1. The molecular formula is C16H31NO3S. The Kier molecular flexibility index (Phi) is 11.5. The van der Waals surface area contributed by atoms with E-state index in [1.165, 1.54) is 12.1 Å². The van der Waals surface area contributed by atoms with Crippen molar-refractivity contribution in [1.29, 1.82) is 0 Å². The van der Waals surface area contributed by atoms with Crippen LogP contribution in [0.15, 0.2) is 29.2 Å². The van der Waals surface area contributed by atoms with Crippen LogP contribution in [0.2, 0.25) is 0 Å². The Balaban J connectivity index is 0. The first kappa shape index (κ1) is 22.4. The lowest BCUT2D eigenvalue weighted by Gasteiger charge is -2.05. The van der Waals surface area contributed by atoms with Gasteiger partial charge in [0.1, 0.15) is 0 Å². The molecule has 0 spiro atoms. The summed E-state index contributed by atoms with van der Waals surface area (Å²) < 4.78 is 29.6. The normalized spacial score (nSPS) is 10.9. The van der Waals surface area contributed by atoms with Gasteiger partial charge in [-0.25, -0.2) is 0 Å². The third-order valence-corrected chi connectivity index (χ3v) is 3.52. The highest BCUT2D eigenvalue weighted by molar-refractivity contribution is 7.85. The van der Waals surface area contributed by atoms with E-state index in [1.807, 2.05) is 20.8 Å². The van der Waals surface area contributed by atoms with E-state index in [-0.39, 0.29) is 4.90 Å². The second-order valence-corrected chi connectivity index (χ2v) is 7.44. The van der Waals surface area contributed by atoms with E-state index in [9.17, 15) is 8.42 Å². The summed E-state index contributed by atoms with van der Waals surface area (Å²) in [5, 5.41) is 0. The summed E-state index contributed by atoms with van der Waals surface area (Å²) >= 11 is 0. The second-order valence-electron chi connectivity index (χ2n) is 6.02. The van der Waals surface area contributed by atoms with Crippen LogP contribution < -0.4 is 5.73 Å². The van der Waals surface area contributed by atoms with Gasteiger partial charge in [-0.15, -0.1) is 0 Å². The van der Waals surface area contributed by atoms with Crippen LogP contribution in [0.5, 0.6) is 0 Å². The van der Waals surface area contributed by atoms with Gasteiger partial charge in [0.2, 0.25) is 0 Å². The van der Waals surface area contributed by atoms with Crippen molar-refractivity contribution in [2.24, 2.45) is 17.6 Å². The first-order valence-corrected chi connectivity index (χ1v) is 8.61. The molecule has 21 heavy (non-hydrogen) atoms. The molecule has 0 unspecified atom stereocenters. The van der Waals surface area contributed by atoms with E-state index in [2.05, 4.69) is 27.7 Å². The molecule has 0 saturated carbocycles. The third-order valence-electron chi connectivity index (χ3n) is 2.65. The van der Waals surface area contributed by atoms with Gasteiger partial charge < -0.3 is 5.73 Å².